The number of hydrogen-bond acceptors (Lipinski definition) is 3. The molecule has 4 nitrogen and oxygen atoms in total. The molecule has 0 heterocycles. The summed E-state index contributed by atoms with van der Waals surface area (Å²) in [5.74, 6) is 0.450. The Morgan fingerprint density at radius 3 is 2.67 bits per heavy atom. The van der Waals surface area contributed by atoms with E-state index in [2.05, 4.69) is 11.6 Å². The number of sulfonamides is 1. The van der Waals surface area contributed by atoms with Gasteiger partial charge in [-0.3, -0.25) is 0 Å². The molecule has 1 aliphatic carbocycles. The van der Waals surface area contributed by atoms with Gasteiger partial charge < -0.3 is 5.73 Å². The van der Waals surface area contributed by atoms with Crippen LogP contribution in [0.2, 0.25) is 0 Å². The molecule has 118 valence electrons. The molecule has 0 amide bonds. The summed E-state index contributed by atoms with van der Waals surface area (Å²) in [6.07, 6.45) is 5.39. The van der Waals surface area contributed by atoms with E-state index in [1.54, 1.807) is 12.1 Å². The Morgan fingerprint density at radius 1 is 1.29 bits per heavy atom. The van der Waals surface area contributed by atoms with Gasteiger partial charge in [0.1, 0.15) is 0 Å². The first kappa shape index (κ1) is 16.5. The highest BCUT2D eigenvalue weighted by molar-refractivity contribution is 7.89. The summed E-state index contributed by atoms with van der Waals surface area (Å²) >= 11 is 0. The maximum Gasteiger partial charge on any atom is 0.241 e. The molecular weight excluding hydrogens is 284 g/mol. The lowest BCUT2D eigenvalue weighted by atomic mass is 9.83. The van der Waals surface area contributed by atoms with Crippen LogP contribution >= 0.6 is 0 Å². The van der Waals surface area contributed by atoms with E-state index < -0.39 is 10.0 Å². The third kappa shape index (κ3) is 3.65. The molecule has 0 aliphatic heterocycles. The van der Waals surface area contributed by atoms with Gasteiger partial charge in [-0.15, -0.1) is 0 Å². The summed E-state index contributed by atoms with van der Waals surface area (Å²) in [5, 5.41) is 0. The summed E-state index contributed by atoms with van der Waals surface area (Å²) < 4.78 is 28.3. The van der Waals surface area contributed by atoms with Crippen LogP contribution in [0.1, 0.15) is 50.2 Å². The molecule has 0 spiro atoms. The molecule has 21 heavy (non-hydrogen) atoms. The third-order valence-corrected chi connectivity index (χ3v) is 6.28. The molecule has 0 radical (unpaired) electrons. The van der Waals surface area contributed by atoms with Crippen molar-refractivity contribution in [1.82, 2.24) is 4.72 Å². The minimum atomic E-state index is -3.47. The predicted molar refractivity (Wildman–Crippen MR) is 85.4 cm³/mol. The minimum absolute atomic E-state index is 0.0645. The van der Waals surface area contributed by atoms with Crippen LogP contribution in [-0.2, 0) is 16.6 Å². The van der Waals surface area contributed by atoms with Crippen molar-refractivity contribution in [2.45, 2.75) is 63.4 Å². The second-order valence-corrected chi connectivity index (χ2v) is 7.61. The first-order valence-electron chi connectivity index (χ1n) is 7.80. The molecule has 2 atom stereocenters. The van der Waals surface area contributed by atoms with Crippen molar-refractivity contribution in [2.24, 2.45) is 11.7 Å². The largest absolute Gasteiger partial charge is 0.326 e. The van der Waals surface area contributed by atoms with E-state index in [-0.39, 0.29) is 6.04 Å². The summed E-state index contributed by atoms with van der Waals surface area (Å²) in [6.45, 7) is 4.32. The second-order valence-electron chi connectivity index (χ2n) is 5.92. The normalized spacial score (nSPS) is 23.2. The van der Waals surface area contributed by atoms with Crippen LogP contribution in [0.3, 0.4) is 0 Å². The number of benzene rings is 1. The minimum Gasteiger partial charge on any atom is -0.326 e. The van der Waals surface area contributed by atoms with Crippen LogP contribution in [0, 0.1) is 12.8 Å². The van der Waals surface area contributed by atoms with Crippen molar-refractivity contribution in [2.75, 3.05) is 0 Å². The number of rotatable bonds is 5. The fourth-order valence-corrected chi connectivity index (χ4v) is 4.91. The van der Waals surface area contributed by atoms with Gasteiger partial charge in [-0.1, -0.05) is 38.3 Å². The molecule has 1 aromatic carbocycles. The van der Waals surface area contributed by atoms with Crippen LogP contribution in [0.4, 0.5) is 0 Å². The fourth-order valence-electron chi connectivity index (χ4n) is 3.29. The zero-order valence-electron chi connectivity index (χ0n) is 12.9. The number of nitrogens with two attached hydrogens (primary N) is 1. The quantitative estimate of drug-likeness (QED) is 0.878. The van der Waals surface area contributed by atoms with Gasteiger partial charge >= 0.3 is 0 Å². The summed E-state index contributed by atoms with van der Waals surface area (Å²) in [4.78, 5) is 0.367. The smallest absolute Gasteiger partial charge is 0.241 e. The van der Waals surface area contributed by atoms with Gasteiger partial charge in [0.25, 0.3) is 0 Å². The van der Waals surface area contributed by atoms with Gasteiger partial charge in [0.15, 0.2) is 0 Å². The lowest BCUT2D eigenvalue weighted by Crippen LogP contribution is -2.42. The average Bonchev–Trinajstić information content (AvgIpc) is 2.47. The molecule has 1 saturated carbocycles. The van der Waals surface area contributed by atoms with Crippen molar-refractivity contribution < 1.29 is 8.42 Å². The van der Waals surface area contributed by atoms with Crippen LogP contribution in [-0.4, -0.2) is 14.5 Å². The van der Waals surface area contributed by atoms with Gasteiger partial charge in [0, 0.05) is 12.6 Å². The molecule has 1 aromatic rings. The van der Waals surface area contributed by atoms with Crippen molar-refractivity contribution >= 4 is 10.0 Å². The Labute approximate surface area is 128 Å². The molecule has 2 unspecified atom stereocenters. The molecule has 1 fully saturated rings. The standard InChI is InChI=1S/C16H26N2O2S/c1-3-13-7-4-5-9-15(13)18-21(19,20)16-10-6-8-14(11-17)12(16)2/h6,8,10,13,15,18H,3-5,7,9,11,17H2,1-2H3. The van der Waals surface area contributed by atoms with Crippen LogP contribution in [0.5, 0.6) is 0 Å². The van der Waals surface area contributed by atoms with Crippen LogP contribution < -0.4 is 10.5 Å². The van der Waals surface area contributed by atoms with E-state index in [1.165, 1.54) is 6.42 Å². The van der Waals surface area contributed by atoms with E-state index in [4.69, 9.17) is 5.73 Å². The number of hydrogen-bond donors (Lipinski definition) is 2. The maximum absolute atomic E-state index is 12.7. The third-order valence-electron chi connectivity index (χ3n) is 4.65. The van der Waals surface area contributed by atoms with Gasteiger partial charge in [0.2, 0.25) is 10.0 Å². The molecule has 2 rings (SSSR count). The van der Waals surface area contributed by atoms with Crippen molar-refractivity contribution in [1.29, 1.82) is 0 Å². The molecule has 3 N–H and O–H groups in total. The molecule has 5 heteroatoms. The van der Waals surface area contributed by atoms with Gasteiger partial charge in [-0.2, -0.15) is 0 Å². The Balaban J connectivity index is 2.26. The molecule has 0 aromatic heterocycles. The van der Waals surface area contributed by atoms with Crippen molar-refractivity contribution in [3.63, 3.8) is 0 Å². The highest BCUT2D eigenvalue weighted by atomic mass is 32.2. The van der Waals surface area contributed by atoms with E-state index in [0.29, 0.717) is 17.4 Å². The van der Waals surface area contributed by atoms with Crippen LogP contribution in [0.25, 0.3) is 0 Å². The summed E-state index contributed by atoms with van der Waals surface area (Å²) in [6, 6.07) is 5.38. The Hall–Kier alpha value is -0.910. The second kappa shape index (κ2) is 6.90. The maximum atomic E-state index is 12.7. The first-order chi connectivity index (χ1) is 9.99. The van der Waals surface area contributed by atoms with E-state index >= 15 is 0 Å². The fraction of sp³-hybridized carbons (Fsp3) is 0.625. The Kier molecular flexibility index (Phi) is 5.41. The summed E-state index contributed by atoms with van der Waals surface area (Å²) in [7, 11) is -3.47. The molecular formula is C16H26N2O2S. The van der Waals surface area contributed by atoms with E-state index in [0.717, 1.165) is 36.8 Å². The van der Waals surface area contributed by atoms with Crippen molar-refractivity contribution in [3.05, 3.63) is 29.3 Å². The Bertz CT molecular complexity index is 584. The first-order valence-corrected chi connectivity index (χ1v) is 9.28. The monoisotopic (exact) mass is 310 g/mol. The van der Waals surface area contributed by atoms with Gasteiger partial charge in [0.05, 0.1) is 4.90 Å². The molecule has 1 aliphatic rings. The lowest BCUT2D eigenvalue weighted by molar-refractivity contribution is 0.282. The highest BCUT2D eigenvalue weighted by Gasteiger charge is 2.29. The van der Waals surface area contributed by atoms with Crippen molar-refractivity contribution in [3.8, 4) is 0 Å². The SMILES string of the molecule is CCC1CCCCC1NS(=O)(=O)c1cccc(CN)c1C. The Morgan fingerprint density at radius 2 is 2.00 bits per heavy atom. The van der Waals surface area contributed by atoms with E-state index in [9.17, 15) is 8.42 Å². The zero-order chi connectivity index (χ0) is 15.5. The van der Waals surface area contributed by atoms with Gasteiger partial charge in [-0.25, -0.2) is 13.1 Å². The van der Waals surface area contributed by atoms with Crippen LogP contribution in [0.15, 0.2) is 23.1 Å². The topological polar surface area (TPSA) is 72.2 Å². The molecule has 0 bridgehead atoms. The zero-order valence-corrected chi connectivity index (χ0v) is 13.7. The highest BCUT2D eigenvalue weighted by Crippen LogP contribution is 2.28. The predicted octanol–water partition coefficient (Wildman–Crippen LogP) is 2.70. The summed E-state index contributed by atoms with van der Waals surface area (Å²) in [5.41, 5.74) is 7.32. The number of nitrogens with one attached hydrogen (secondary N) is 1. The molecule has 0 saturated heterocycles. The average molecular weight is 310 g/mol. The van der Waals surface area contributed by atoms with Gasteiger partial charge in [-0.05, 0) is 42.9 Å². The lowest BCUT2D eigenvalue weighted by Gasteiger charge is -2.31. The van der Waals surface area contributed by atoms with E-state index in [1.807, 2.05) is 13.0 Å².